The number of amides is 1. The molecule has 0 fully saturated rings. The van der Waals surface area contributed by atoms with E-state index < -0.39 is 23.9 Å². The van der Waals surface area contributed by atoms with Gasteiger partial charge in [-0.15, -0.1) is 0 Å². The maximum atomic E-state index is 13.1. The number of halogens is 7. The summed E-state index contributed by atoms with van der Waals surface area (Å²) in [5, 5.41) is 1.40. The number of hydrogen-bond acceptors (Lipinski definition) is 1. The highest BCUT2D eigenvalue weighted by atomic mass is 19.4. The average Bonchev–Trinajstić information content (AvgIpc) is 2.32. The second-order valence-electron chi connectivity index (χ2n) is 4.42. The zero-order valence-corrected chi connectivity index (χ0v) is 10.8. The molecular formula is C12H10F7NO. The standard InChI is InChI=1S/C12H10F7NO/c1-6-3-4-7(2)8(5-6)20-9(21)10(13,14)11(15,16)12(17,18)19/h3-5H,1-2H3,(H,20,21). The molecule has 0 aliphatic heterocycles. The molecule has 0 heterocycles. The number of benzene rings is 1. The van der Waals surface area contributed by atoms with E-state index in [1.54, 1.807) is 6.07 Å². The number of carbonyl (C=O) groups is 1. The van der Waals surface area contributed by atoms with Crippen LogP contribution in [0.3, 0.4) is 0 Å². The van der Waals surface area contributed by atoms with Gasteiger partial charge in [-0.05, 0) is 31.0 Å². The molecule has 21 heavy (non-hydrogen) atoms. The summed E-state index contributed by atoms with van der Waals surface area (Å²) >= 11 is 0. The maximum Gasteiger partial charge on any atom is 0.460 e. The molecule has 1 N–H and O–H groups in total. The Hall–Kier alpha value is -1.80. The summed E-state index contributed by atoms with van der Waals surface area (Å²) in [6.45, 7) is 2.90. The molecule has 1 aromatic carbocycles. The fraction of sp³-hybridized carbons (Fsp3) is 0.417. The van der Waals surface area contributed by atoms with Crippen LogP contribution < -0.4 is 5.32 Å². The van der Waals surface area contributed by atoms with Crippen LogP contribution in [0.25, 0.3) is 0 Å². The molecule has 0 bridgehead atoms. The lowest BCUT2D eigenvalue weighted by Gasteiger charge is -2.27. The van der Waals surface area contributed by atoms with E-state index in [1.807, 2.05) is 0 Å². The van der Waals surface area contributed by atoms with Crippen molar-refractivity contribution in [2.45, 2.75) is 31.9 Å². The fourth-order valence-corrected chi connectivity index (χ4v) is 1.39. The molecule has 0 unspecified atom stereocenters. The van der Waals surface area contributed by atoms with E-state index >= 15 is 0 Å². The molecular weight excluding hydrogens is 307 g/mol. The minimum Gasteiger partial charge on any atom is -0.320 e. The molecule has 0 aromatic heterocycles. The number of hydrogen-bond donors (Lipinski definition) is 1. The Bertz CT molecular complexity index is 551. The third-order valence-electron chi connectivity index (χ3n) is 2.68. The van der Waals surface area contributed by atoms with Crippen LogP contribution >= 0.6 is 0 Å². The number of aryl methyl sites for hydroxylation is 2. The van der Waals surface area contributed by atoms with Gasteiger partial charge in [-0.3, -0.25) is 4.79 Å². The normalized spacial score (nSPS) is 13.2. The zero-order valence-electron chi connectivity index (χ0n) is 10.8. The highest BCUT2D eigenvalue weighted by molar-refractivity contribution is 5.97. The zero-order chi connectivity index (χ0) is 16.6. The summed E-state index contributed by atoms with van der Waals surface area (Å²) in [6.07, 6.45) is -6.55. The van der Waals surface area contributed by atoms with Gasteiger partial charge in [-0.1, -0.05) is 12.1 Å². The van der Waals surface area contributed by atoms with Crippen molar-refractivity contribution in [1.29, 1.82) is 0 Å². The van der Waals surface area contributed by atoms with Crippen LogP contribution in [0.15, 0.2) is 18.2 Å². The number of anilines is 1. The van der Waals surface area contributed by atoms with Gasteiger partial charge in [0.2, 0.25) is 0 Å². The van der Waals surface area contributed by atoms with E-state index in [-0.39, 0.29) is 11.3 Å². The third kappa shape index (κ3) is 3.11. The van der Waals surface area contributed by atoms with Crippen molar-refractivity contribution in [2.75, 3.05) is 5.32 Å². The first kappa shape index (κ1) is 17.3. The van der Waals surface area contributed by atoms with Crippen molar-refractivity contribution in [3.8, 4) is 0 Å². The quantitative estimate of drug-likeness (QED) is 0.837. The van der Waals surface area contributed by atoms with Crippen LogP contribution in [0, 0.1) is 13.8 Å². The molecule has 118 valence electrons. The first-order chi connectivity index (χ1) is 9.30. The van der Waals surface area contributed by atoms with Crippen molar-refractivity contribution in [3.63, 3.8) is 0 Å². The Morgan fingerprint density at radius 2 is 1.52 bits per heavy atom. The molecule has 0 aliphatic carbocycles. The molecule has 1 aromatic rings. The predicted octanol–water partition coefficient (Wildman–Crippen LogP) is 4.07. The SMILES string of the molecule is Cc1ccc(C)c(NC(=O)C(F)(F)C(F)(F)C(F)(F)F)c1. The Labute approximate surface area is 114 Å². The lowest BCUT2D eigenvalue weighted by molar-refractivity contribution is -0.343. The molecule has 0 atom stereocenters. The first-order valence-electron chi connectivity index (χ1n) is 5.52. The smallest absolute Gasteiger partial charge is 0.320 e. The van der Waals surface area contributed by atoms with Gasteiger partial charge in [0, 0.05) is 5.69 Å². The minimum atomic E-state index is -6.55. The molecule has 2 nitrogen and oxygen atoms in total. The Kier molecular flexibility index (Phi) is 4.27. The summed E-state index contributed by atoms with van der Waals surface area (Å²) in [5.41, 5.74) is 0.472. The topological polar surface area (TPSA) is 29.1 Å². The van der Waals surface area contributed by atoms with Gasteiger partial charge in [0.15, 0.2) is 0 Å². The van der Waals surface area contributed by atoms with Crippen molar-refractivity contribution < 1.29 is 35.5 Å². The summed E-state index contributed by atoms with van der Waals surface area (Å²) in [4.78, 5) is 11.1. The van der Waals surface area contributed by atoms with Crippen LogP contribution in [-0.4, -0.2) is 23.9 Å². The van der Waals surface area contributed by atoms with Crippen molar-refractivity contribution in [1.82, 2.24) is 0 Å². The second-order valence-corrected chi connectivity index (χ2v) is 4.42. The molecule has 0 radical (unpaired) electrons. The lowest BCUT2D eigenvalue weighted by atomic mass is 10.1. The first-order valence-corrected chi connectivity index (χ1v) is 5.52. The van der Waals surface area contributed by atoms with Gasteiger partial charge in [-0.2, -0.15) is 30.7 Å². The van der Waals surface area contributed by atoms with E-state index in [2.05, 4.69) is 0 Å². The largest absolute Gasteiger partial charge is 0.460 e. The summed E-state index contributed by atoms with van der Waals surface area (Å²) in [5.74, 6) is -15.1. The van der Waals surface area contributed by atoms with Crippen LogP contribution in [0.2, 0.25) is 0 Å². The molecule has 9 heteroatoms. The van der Waals surface area contributed by atoms with E-state index in [0.717, 1.165) is 0 Å². The molecule has 0 saturated heterocycles. The van der Waals surface area contributed by atoms with E-state index in [4.69, 9.17) is 0 Å². The number of nitrogens with one attached hydrogen (secondary N) is 1. The lowest BCUT2D eigenvalue weighted by Crippen LogP contribution is -2.57. The van der Waals surface area contributed by atoms with Crippen LogP contribution in [0.1, 0.15) is 11.1 Å². The Morgan fingerprint density at radius 1 is 1.00 bits per heavy atom. The van der Waals surface area contributed by atoms with Crippen LogP contribution in [0.5, 0.6) is 0 Å². The summed E-state index contributed by atoms with van der Waals surface area (Å²) in [6, 6.07) is 4.12. The Morgan fingerprint density at radius 3 is 2.00 bits per heavy atom. The highest BCUT2D eigenvalue weighted by Crippen LogP contribution is 2.46. The van der Waals surface area contributed by atoms with E-state index in [1.165, 1.54) is 31.3 Å². The molecule has 1 rings (SSSR count). The van der Waals surface area contributed by atoms with Gasteiger partial charge in [0.25, 0.3) is 0 Å². The highest BCUT2D eigenvalue weighted by Gasteiger charge is 2.76. The van der Waals surface area contributed by atoms with Crippen molar-refractivity contribution in [2.24, 2.45) is 0 Å². The van der Waals surface area contributed by atoms with Gasteiger partial charge in [0.05, 0.1) is 0 Å². The second kappa shape index (κ2) is 5.19. The van der Waals surface area contributed by atoms with Gasteiger partial charge < -0.3 is 5.32 Å². The monoisotopic (exact) mass is 317 g/mol. The van der Waals surface area contributed by atoms with Crippen molar-refractivity contribution >= 4 is 11.6 Å². The van der Waals surface area contributed by atoms with E-state index in [0.29, 0.717) is 5.56 Å². The van der Waals surface area contributed by atoms with Crippen molar-refractivity contribution in [3.05, 3.63) is 29.3 Å². The average molecular weight is 317 g/mol. The molecule has 1 amide bonds. The number of carbonyl (C=O) groups excluding carboxylic acids is 1. The minimum absolute atomic E-state index is 0.236. The summed E-state index contributed by atoms with van der Waals surface area (Å²) in [7, 11) is 0. The molecule has 0 saturated carbocycles. The van der Waals surface area contributed by atoms with Gasteiger partial charge in [0.1, 0.15) is 0 Å². The summed E-state index contributed by atoms with van der Waals surface area (Å²) < 4.78 is 87.5. The third-order valence-corrected chi connectivity index (χ3v) is 2.68. The Balaban J connectivity index is 3.10. The van der Waals surface area contributed by atoms with Crippen LogP contribution in [0.4, 0.5) is 36.4 Å². The molecule has 0 spiro atoms. The number of rotatable bonds is 3. The fourth-order valence-electron chi connectivity index (χ4n) is 1.39. The van der Waals surface area contributed by atoms with E-state index in [9.17, 15) is 35.5 Å². The van der Waals surface area contributed by atoms with Gasteiger partial charge >= 0.3 is 23.9 Å². The van der Waals surface area contributed by atoms with Crippen LogP contribution in [-0.2, 0) is 4.79 Å². The maximum absolute atomic E-state index is 13.1. The predicted molar refractivity (Wildman–Crippen MR) is 60.5 cm³/mol. The number of alkyl halides is 7. The molecule has 0 aliphatic rings. The van der Waals surface area contributed by atoms with Gasteiger partial charge in [-0.25, -0.2) is 0 Å².